The van der Waals surface area contributed by atoms with Gasteiger partial charge in [0.15, 0.2) is 0 Å². The summed E-state index contributed by atoms with van der Waals surface area (Å²) < 4.78 is 0. The van der Waals surface area contributed by atoms with Gasteiger partial charge in [-0.3, -0.25) is 19.6 Å². The van der Waals surface area contributed by atoms with Crippen molar-refractivity contribution in [2.75, 3.05) is 105 Å². The molecule has 0 unspecified atom stereocenters. The van der Waals surface area contributed by atoms with Crippen molar-refractivity contribution < 1.29 is 20.4 Å². The Bertz CT molecular complexity index is 268. The maximum atomic E-state index is 9.31. The number of β-amino-alcohol motifs (C(OH)–C–C–N with tert-alkyl or cyclic N) is 4. The van der Waals surface area contributed by atoms with Crippen LogP contribution in [0.25, 0.3) is 0 Å². The monoisotopic (exact) mass is 376 g/mol. The summed E-state index contributed by atoms with van der Waals surface area (Å²) in [7, 11) is 0. The number of aliphatic hydroxyl groups excluding tert-OH is 4. The van der Waals surface area contributed by atoms with Gasteiger partial charge in [-0.25, -0.2) is 0 Å². The van der Waals surface area contributed by atoms with Gasteiger partial charge in [0.1, 0.15) is 0 Å². The molecule has 0 atom stereocenters. The highest BCUT2D eigenvalue weighted by Gasteiger charge is 2.14. The van der Waals surface area contributed by atoms with Crippen molar-refractivity contribution in [2.24, 2.45) is 0 Å². The van der Waals surface area contributed by atoms with E-state index in [9.17, 15) is 20.4 Å². The fourth-order valence-corrected chi connectivity index (χ4v) is 3.51. The van der Waals surface area contributed by atoms with Crippen molar-refractivity contribution in [1.29, 1.82) is 0 Å². The van der Waals surface area contributed by atoms with E-state index >= 15 is 0 Å². The molecular weight excluding hydrogens is 336 g/mol. The van der Waals surface area contributed by atoms with Crippen LogP contribution in [0.2, 0.25) is 0 Å². The SMILES string of the molecule is OCCN1CCCN(CCO)CCN(CCO)CCCN(CCO)CC1. The standard InChI is InChI=1S/C18H40N4O4/c23-15-11-19-3-1-4-20(12-16-24)8-10-22(14-18-26)6-2-5-21(9-7-19)13-17-25/h23-26H,1-18H2. The Morgan fingerprint density at radius 3 is 0.808 bits per heavy atom. The minimum atomic E-state index is 0.163. The Morgan fingerprint density at radius 1 is 0.385 bits per heavy atom. The highest BCUT2D eigenvalue weighted by atomic mass is 16.3. The molecule has 156 valence electrons. The first-order chi connectivity index (χ1) is 12.7. The molecule has 1 heterocycles. The lowest BCUT2D eigenvalue weighted by molar-refractivity contribution is 0.120. The van der Waals surface area contributed by atoms with E-state index in [-0.39, 0.29) is 26.4 Å². The van der Waals surface area contributed by atoms with Crippen LogP contribution in [0, 0.1) is 0 Å². The predicted octanol–water partition coefficient (Wildman–Crippen LogP) is -2.04. The van der Waals surface area contributed by atoms with Crippen molar-refractivity contribution >= 4 is 0 Å². The van der Waals surface area contributed by atoms with E-state index in [1.54, 1.807) is 0 Å². The fraction of sp³-hybridized carbons (Fsp3) is 1.00. The lowest BCUT2D eigenvalue weighted by Crippen LogP contribution is -2.43. The van der Waals surface area contributed by atoms with Gasteiger partial charge in [0.05, 0.1) is 26.4 Å². The summed E-state index contributed by atoms with van der Waals surface area (Å²) in [5.74, 6) is 0. The van der Waals surface area contributed by atoms with Crippen LogP contribution >= 0.6 is 0 Å². The third-order valence-corrected chi connectivity index (χ3v) is 5.03. The molecule has 26 heavy (non-hydrogen) atoms. The van der Waals surface area contributed by atoms with Gasteiger partial charge in [-0.1, -0.05) is 0 Å². The molecule has 0 spiro atoms. The van der Waals surface area contributed by atoms with E-state index in [0.29, 0.717) is 26.2 Å². The second-order valence-electron chi connectivity index (χ2n) is 6.97. The predicted molar refractivity (Wildman–Crippen MR) is 103 cm³/mol. The van der Waals surface area contributed by atoms with Gasteiger partial charge in [0, 0.05) is 52.4 Å². The highest BCUT2D eigenvalue weighted by Crippen LogP contribution is 2.02. The molecule has 0 radical (unpaired) electrons. The molecule has 4 N–H and O–H groups in total. The first kappa shape index (κ1) is 23.7. The van der Waals surface area contributed by atoms with Crippen LogP contribution in [0.5, 0.6) is 0 Å². The third-order valence-electron chi connectivity index (χ3n) is 5.03. The second kappa shape index (κ2) is 15.7. The summed E-state index contributed by atoms with van der Waals surface area (Å²) >= 11 is 0. The number of nitrogens with zero attached hydrogens (tertiary/aromatic N) is 4. The van der Waals surface area contributed by atoms with Gasteiger partial charge >= 0.3 is 0 Å². The first-order valence-corrected chi connectivity index (χ1v) is 10.1. The Hall–Kier alpha value is -0.320. The summed E-state index contributed by atoms with van der Waals surface area (Å²) in [6.07, 6.45) is 2.00. The zero-order chi connectivity index (χ0) is 19.0. The van der Waals surface area contributed by atoms with Crippen molar-refractivity contribution in [2.45, 2.75) is 12.8 Å². The van der Waals surface area contributed by atoms with Crippen LogP contribution in [0.1, 0.15) is 12.8 Å². The van der Waals surface area contributed by atoms with E-state index < -0.39 is 0 Å². The molecule has 0 aromatic heterocycles. The van der Waals surface area contributed by atoms with E-state index in [2.05, 4.69) is 19.6 Å². The number of hydrogen-bond acceptors (Lipinski definition) is 8. The normalized spacial score (nSPS) is 21.7. The molecule has 1 aliphatic rings. The molecule has 0 aromatic rings. The van der Waals surface area contributed by atoms with Crippen molar-refractivity contribution in [3.63, 3.8) is 0 Å². The fourth-order valence-electron chi connectivity index (χ4n) is 3.51. The Labute approximate surface area is 158 Å². The van der Waals surface area contributed by atoms with Gasteiger partial charge in [0.2, 0.25) is 0 Å². The maximum absolute atomic E-state index is 9.31. The summed E-state index contributed by atoms with van der Waals surface area (Å²) in [6, 6.07) is 0. The molecule has 8 heteroatoms. The molecule has 0 aliphatic carbocycles. The van der Waals surface area contributed by atoms with Gasteiger partial charge in [-0.2, -0.15) is 0 Å². The van der Waals surface area contributed by atoms with Gasteiger partial charge in [0.25, 0.3) is 0 Å². The molecule has 0 aromatic carbocycles. The zero-order valence-corrected chi connectivity index (χ0v) is 16.3. The van der Waals surface area contributed by atoms with E-state index in [1.165, 1.54) is 0 Å². The lowest BCUT2D eigenvalue weighted by Gasteiger charge is -2.31. The smallest absolute Gasteiger partial charge is 0.0558 e. The minimum Gasteiger partial charge on any atom is -0.395 e. The van der Waals surface area contributed by atoms with Crippen LogP contribution in [0.15, 0.2) is 0 Å². The van der Waals surface area contributed by atoms with Crippen molar-refractivity contribution in [3.05, 3.63) is 0 Å². The molecule has 0 saturated carbocycles. The molecule has 8 nitrogen and oxygen atoms in total. The first-order valence-electron chi connectivity index (χ1n) is 10.1. The van der Waals surface area contributed by atoms with Crippen LogP contribution in [0.4, 0.5) is 0 Å². The van der Waals surface area contributed by atoms with E-state index in [4.69, 9.17) is 0 Å². The van der Waals surface area contributed by atoms with E-state index in [0.717, 1.165) is 65.2 Å². The van der Waals surface area contributed by atoms with Gasteiger partial charge in [-0.05, 0) is 39.0 Å². The highest BCUT2D eigenvalue weighted by molar-refractivity contribution is 4.69. The maximum Gasteiger partial charge on any atom is 0.0558 e. The van der Waals surface area contributed by atoms with Crippen LogP contribution in [-0.2, 0) is 0 Å². The topological polar surface area (TPSA) is 93.9 Å². The third kappa shape index (κ3) is 10.7. The van der Waals surface area contributed by atoms with Crippen molar-refractivity contribution in [1.82, 2.24) is 19.6 Å². The molecule has 1 saturated heterocycles. The molecule has 0 bridgehead atoms. The number of hydrogen-bond donors (Lipinski definition) is 4. The average Bonchev–Trinajstić information content (AvgIpc) is 2.63. The molecule has 0 amide bonds. The quantitative estimate of drug-likeness (QED) is 0.385. The summed E-state index contributed by atoms with van der Waals surface area (Å²) in [4.78, 5) is 9.13. The summed E-state index contributed by atoms with van der Waals surface area (Å²) in [5, 5.41) is 37.2. The Morgan fingerprint density at radius 2 is 0.615 bits per heavy atom. The summed E-state index contributed by atoms with van der Waals surface area (Å²) in [5.41, 5.74) is 0. The van der Waals surface area contributed by atoms with E-state index in [1.807, 2.05) is 0 Å². The Balaban J connectivity index is 2.67. The largest absolute Gasteiger partial charge is 0.395 e. The molecular formula is C18H40N4O4. The second-order valence-corrected chi connectivity index (χ2v) is 6.97. The molecule has 1 aliphatic heterocycles. The van der Waals surface area contributed by atoms with Crippen LogP contribution in [0.3, 0.4) is 0 Å². The number of rotatable bonds is 8. The summed E-state index contributed by atoms with van der Waals surface area (Å²) in [6.45, 7) is 10.6. The molecule has 1 fully saturated rings. The van der Waals surface area contributed by atoms with Crippen molar-refractivity contribution in [3.8, 4) is 0 Å². The minimum absolute atomic E-state index is 0.163. The molecule has 1 rings (SSSR count). The van der Waals surface area contributed by atoms with Crippen LogP contribution in [-0.4, -0.2) is 145 Å². The van der Waals surface area contributed by atoms with Gasteiger partial charge < -0.3 is 20.4 Å². The lowest BCUT2D eigenvalue weighted by atomic mass is 10.2. The zero-order valence-electron chi connectivity index (χ0n) is 16.3. The Kier molecular flexibility index (Phi) is 14.3. The van der Waals surface area contributed by atoms with Gasteiger partial charge in [-0.15, -0.1) is 0 Å². The van der Waals surface area contributed by atoms with Crippen LogP contribution < -0.4 is 0 Å². The average molecular weight is 377 g/mol. The number of aliphatic hydroxyl groups is 4.